The van der Waals surface area contributed by atoms with Gasteiger partial charge in [-0.15, -0.1) is 0 Å². The number of methoxy groups -OCH3 is 1. The van der Waals surface area contributed by atoms with Crippen molar-refractivity contribution in [2.75, 3.05) is 26.8 Å². The number of aliphatic hydroxyl groups is 1. The van der Waals surface area contributed by atoms with E-state index in [-0.39, 0.29) is 17.4 Å². The van der Waals surface area contributed by atoms with Gasteiger partial charge in [0.05, 0.1) is 7.11 Å². The van der Waals surface area contributed by atoms with Crippen molar-refractivity contribution in [3.63, 3.8) is 0 Å². The summed E-state index contributed by atoms with van der Waals surface area (Å²) in [6.45, 7) is 1.03. The van der Waals surface area contributed by atoms with Crippen LogP contribution in [0.1, 0.15) is 12.8 Å². The molecule has 0 unspecified atom stereocenters. The second-order valence-corrected chi connectivity index (χ2v) is 6.59. The maximum atomic E-state index is 12.5. The first-order valence-electron chi connectivity index (χ1n) is 6.33. The van der Waals surface area contributed by atoms with Crippen LogP contribution in [0.2, 0.25) is 0 Å². The van der Waals surface area contributed by atoms with Crippen LogP contribution in [0, 0.1) is 5.92 Å². The van der Waals surface area contributed by atoms with Gasteiger partial charge in [-0.25, -0.2) is 8.42 Å². The number of nitrogens with zero attached hydrogens (tertiary/aromatic N) is 1. The SMILES string of the molecule is COc1ccccc1S(=O)(=O)N1CCC(CO)CC1. The van der Waals surface area contributed by atoms with E-state index in [1.165, 1.54) is 11.4 Å². The van der Waals surface area contributed by atoms with Crippen LogP contribution >= 0.6 is 0 Å². The number of sulfonamides is 1. The summed E-state index contributed by atoms with van der Waals surface area (Å²) in [6, 6.07) is 6.64. The largest absolute Gasteiger partial charge is 0.495 e. The molecule has 0 saturated carbocycles. The molecule has 1 heterocycles. The lowest BCUT2D eigenvalue weighted by Gasteiger charge is -2.30. The lowest BCUT2D eigenvalue weighted by Crippen LogP contribution is -2.39. The Bertz CT molecular complexity index is 521. The molecule has 1 N–H and O–H groups in total. The fourth-order valence-corrected chi connectivity index (χ4v) is 3.93. The van der Waals surface area contributed by atoms with E-state index in [9.17, 15) is 8.42 Å². The average Bonchev–Trinajstić information content (AvgIpc) is 2.47. The maximum Gasteiger partial charge on any atom is 0.246 e. The summed E-state index contributed by atoms with van der Waals surface area (Å²) in [5, 5.41) is 9.09. The van der Waals surface area contributed by atoms with Gasteiger partial charge in [-0.2, -0.15) is 4.31 Å². The molecule has 5 nitrogen and oxygen atoms in total. The normalized spacial score (nSPS) is 18.4. The van der Waals surface area contributed by atoms with Crippen molar-refractivity contribution in [3.8, 4) is 5.75 Å². The third-order valence-electron chi connectivity index (χ3n) is 3.52. The molecule has 0 amide bonds. The number of rotatable bonds is 4. The number of ether oxygens (including phenoxy) is 1. The van der Waals surface area contributed by atoms with E-state index in [1.54, 1.807) is 24.3 Å². The summed E-state index contributed by atoms with van der Waals surface area (Å²) in [6.07, 6.45) is 1.40. The van der Waals surface area contributed by atoms with Crippen molar-refractivity contribution in [1.82, 2.24) is 4.31 Å². The Kier molecular flexibility index (Phi) is 4.44. The predicted octanol–water partition coefficient (Wildman–Crippen LogP) is 1.09. The van der Waals surface area contributed by atoms with E-state index in [0.29, 0.717) is 31.7 Å². The van der Waals surface area contributed by atoms with Crippen molar-refractivity contribution >= 4 is 10.0 Å². The zero-order chi connectivity index (χ0) is 13.9. The van der Waals surface area contributed by atoms with Gasteiger partial charge in [0.2, 0.25) is 10.0 Å². The zero-order valence-corrected chi connectivity index (χ0v) is 11.8. The molecule has 0 aromatic heterocycles. The minimum atomic E-state index is -3.51. The molecule has 6 heteroatoms. The first-order valence-corrected chi connectivity index (χ1v) is 7.77. The van der Waals surface area contributed by atoms with E-state index in [0.717, 1.165) is 0 Å². The van der Waals surface area contributed by atoms with Gasteiger partial charge in [0.1, 0.15) is 10.6 Å². The highest BCUT2D eigenvalue weighted by Crippen LogP contribution is 2.29. The third kappa shape index (κ3) is 2.91. The molecule has 0 spiro atoms. The van der Waals surface area contributed by atoms with E-state index >= 15 is 0 Å². The molecule has 1 aliphatic rings. The highest BCUT2D eigenvalue weighted by Gasteiger charge is 2.30. The molecule has 0 bridgehead atoms. The Labute approximate surface area is 113 Å². The van der Waals surface area contributed by atoms with E-state index in [4.69, 9.17) is 9.84 Å². The molecule has 0 atom stereocenters. The summed E-state index contributed by atoms with van der Waals surface area (Å²) in [5.41, 5.74) is 0. The minimum Gasteiger partial charge on any atom is -0.495 e. The average molecular weight is 285 g/mol. The van der Waals surface area contributed by atoms with Crippen LogP contribution in [0.15, 0.2) is 29.2 Å². The van der Waals surface area contributed by atoms with Gasteiger partial charge < -0.3 is 9.84 Å². The van der Waals surface area contributed by atoms with Gasteiger partial charge in [0.15, 0.2) is 0 Å². The Morgan fingerprint density at radius 2 is 1.95 bits per heavy atom. The number of para-hydroxylation sites is 1. The smallest absolute Gasteiger partial charge is 0.246 e. The minimum absolute atomic E-state index is 0.128. The van der Waals surface area contributed by atoms with Crippen molar-refractivity contribution < 1.29 is 18.3 Å². The van der Waals surface area contributed by atoms with Crippen LogP contribution in [-0.2, 0) is 10.0 Å². The zero-order valence-electron chi connectivity index (χ0n) is 10.9. The lowest BCUT2D eigenvalue weighted by molar-refractivity contribution is 0.170. The van der Waals surface area contributed by atoms with Crippen molar-refractivity contribution in [2.45, 2.75) is 17.7 Å². The number of hydrogen-bond donors (Lipinski definition) is 1. The van der Waals surface area contributed by atoms with Crippen LogP contribution < -0.4 is 4.74 Å². The van der Waals surface area contributed by atoms with E-state index in [2.05, 4.69) is 0 Å². The summed E-state index contributed by atoms with van der Waals surface area (Å²) < 4.78 is 31.7. The molecular weight excluding hydrogens is 266 g/mol. The highest BCUT2D eigenvalue weighted by molar-refractivity contribution is 7.89. The van der Waals surface area contributed by atoms with Crippen molar-refractivity contribution in [1.29, 1.82) is 0 Å². The highest BCUT2D eigenvalue weighted by atomic mass is 32.2. The summed E-state index contributed by atoms with van der Waals surface area (Å²) in [7, 11) is -2.05. The van der Waals surface area contributed by atoms with Gasteiger partial charge in [-0.05, 0) is 30.9 Å². The second-order valence-electron chi connectivity index (χ2n) is 4.68. The molecule has 106 valence electrons. The topological polar surface area (TPSA) is 66.8 Å². The molecule has 1 aromatic carbocycles. The van der Waals surface area contributed by atoms with Gasteiger partial charge in [0.25, 0.3) is 0 Å². The first kappa shape index (κ1) is 14.3. The van der Waals surface area contributed by atoms with Crippen LogP contribution in [-0.4, -0.2) is 44.6 Å². The Hall–Kier alpha value is -1.11. The van der Waals surface area contributed by atoms with Gasteiger partial charge >= 0.3 is 0 Å². The maximum absolute atomic E-state index is 12.5. The Balaban J connectivity index is 2.23. The number of aliphatic hydroxyl groups excluding tert-OH is 1. The quantitative estimate of drug-likeness (QED) is 0.899. The monoisotopic (exact) mass is 285 g/mol. The van der Waals surface area contributed by atoms with Crippen molar-refractivity contribution in [2.24, 2.45) is 5.92 Å². The number of piperidine rings is 1. The lowest BCUT2D eigenvalue weighted by atomic mass is 10.00. The van der Waals surface area contributed by atoms with Crippen LogP contribution in [0.25, 0.3) is 0 Å². The summed E-state index contributed by atoms with van der Waals surface area (Å²) in [4.78, 5) is 0.208. The standard InChI is InChI=1S/C13H19NO4S/c1-18-12-4-2-3-5-13(12)19(16,17)14-8-6-11(10-15)7-9-14/h2-5,11,15H,6-10H2,1H3. The molecule has 0 radical (unpaired) electrons. The predicted molar refractivity (Wildman–Crippen MR) is 71.6 cm³/mol. The Morgan fingerprint density at radius 1 is 1.32 bits per heavy atom. The van der Waals surface area contributed by atoms with Gasteiger partial charge in [-0.1, -0.05) is 12.1 Å². The molecule has 1 fully saturated rings. The molecular formula is C13H19NO4S. The third-order valence-corrected chi connectivity index (χ3v) is 5.46. The Morgan fingerprint density at radius 3 is 2.53 bits per heavy atom. The van der Waals surface area contributed by atoms with Crippen LogP contribution in [0.4, 0.5) is 0 Å². The fraction of sp³-hybridized carbons (Fsp3) is 0.538. The van der Waals surface area contributed by atoms with E-state index in [1.807, 2.05) is 0 Å². The molecule has 1 aliphatic heterocycles. The van der Waals surface area contributed by atoms with Crippen LogP contribution in [0.3, 0.4) is 0 Å². The molecule has 2 rings (SSSR count). The number of benzene rings is 1. The van der Waals surface area contributed by atoms with E-state index < -0.39 is 10.0 Å². The second kappa shape index (κ2) is 5.90. The molecule has 1 saturated heterocycles. The number of hydrogen-bond acceptors (Lipinski definition) is 4. The van der Waals surface area contributed by atoms with Crippen molar-refractivity contribution in [3.05, 3.63) is 24.3 Å². The fourth-order valence-electron chi connectivity index (χ4n) is 2.30. The summed E-state index contributed by atoms with van der Waals surface area (Å²) >= 11 is 0. The molecule has 1 aromatic rings. The van der Waals surface area contributed by atoms with Gasteiger partial charge in [-0.3, -0.25) is 0 Å². The van der Waals surface area contributed by atoms with Gasteiger partial charge in [0, 0.05) is 19.7 Å². The summed E-state index contributed by atoms with van der Waals surface area (Å²) in [5.74, 6) is 0.580. The molecule has 0 aliphatic carbocycles. The molecule has 19 heavy (non-hydrogen) atoms. The first-order chi connectivity index (χ1) is 9.09. The van der Waals surface area contributed by atoms with Crippen LogP contribution in [0.5, 0.6) is 5.75 Å².